The van der Waals surface area contributed by atoms with Gasteiger partial charge in [0.15, 0.2) is 16.9 Å². The summed E-state index contributed by atoms with van der Waals surface area (Å²) in [5, 5.41) is 44.7. The van der Waals surface area contributed by atoms with Gasteiger partial charge in [-0.25, -0.2) is 24.4 Å². The Hall–Kier alpha value is -9.61. The van der Waals surface area contributed by atoms with E-state index in [4.69, 9.17) is 38.5 Å². The van der Waals surface area contributed by atoms with E-state index in [-0.39, 0.29) is 112 Å². The number of thiazole rings is 1. The van der Waals surface area contributed by atoms with E-state index in [1.165, 1.54) is 17.4 Å². The number of nitrogens with zero attached hydrogens (tertiary/aromatic N) is 7. The van der Waals surface area contributed by atoms with Crippen LogP contribution in [0.2, 0.25) is 0 Å². The number of aliphatic carboxylic acids is 1. The largest absolute Gasteiger partial charge is 0.496 e. The first kappa shape index (κ1) is 72.6. The van der Waals surface area contributed by atoms with Gasteiger partial charge < -0.3 is 64.2 Å². The molecule has 3 fully saturated rings. The summed E-state index contributed by atoms with van der Waals surface area (Å²) < 4.78 is 38.7. The fourth-order valence-electron chi connectivity index (χ4n) is 15.4. The third-order valence-electron chi connectivity index (χ3n) is 19.6. The van der Waals surface area contributed by atoms with Crippen molar-refractivity contribution in [3.8, 4) is 22.6 Å². The number of amides is 6. The molecule has 3 aliphatic heterocycles. The fourth-order valence-corrected chi connectivity index (χ4v) is 16.2. The Kier molecular flexibility index (Phi) is 22.7. The Labute approximate surface area is 588 Å². The van der Waals surface area contributed by atoms with Crippen molar-refractivity contribution in [2.24, 2.45) is 16.7 Å². The van der Waals surface area contributed by atoms with E-state index in [1.807, 2.05) is 46.8 Å². The van der Waals surface area contributed by atoms with Crippen LogP contribution in [0.1, 0.15) is 128 Å². The number of pyridine rings is 1. The third kappa shape index (κ3) is 17.2. The zero-order valence-electron chi connectivity index (χ0n) is 57.5. The number of hydrogen-bond acceptors (Lipinski definition) is 20. The molecule has 2 aliphatic carbocycles. The van der Waals surface area contributed by atoms with Crippen molar-refractivity contribution in [3.63, 3.8) is 0 Å². The predicted molar refractivity (Wildman–Crippen MR) is 373 cm³/mol. The molecular formula is C73H86N10O17S. The van der Waals surface area contributed by atoms with Crippen LogP contribution >= 0.6 is 11.3 Å². The molecule has 101 heavy (non-hydrogen) atoms. The van der Waals surface area contributed by atoms with Gasteiger partial charge in [0.05, 0.1) is 54.1 Å². The first-order valence-corrected chi connectivity index (χ1v) is 34.8. The molecule has 3 aromatic carbocycles. The number of carbonyl (C=O) groups is 8. The van der Waals surface area contributed by atoms with Gasteiger partial charge >= 0.3 is 18.0 Å². The maximum absolute atomic E-state index is 14.0. The highest BCUT2D eigenvalue weighted by molar-refractivity contribution is 7.22. The van der Waals surface area contributed by atoms with Gasteiger partial charge in [-0.3, -0.25) is 38.9 Å². The minimum absolute atomic E-state index is 0.0457. The van der Waals surface area contributed by atoms with Gasteiger partial charge in [0, 0.05) is 119 Å². The molecule has 28 heteroatoms. The lowest BCUT2D eigenvalue weighted by atomic mass is 9.50. The molecule has 6 heterocycles. The summed E-state index contributed by atoms with van der Waals surface area (Å²) in [4.78, 5) is 116. The van der Waals surface area contributed by atoms with Crippen LogP contribution < -0.4 is 30.3 Å². The number of nitrogens with one attached hydrogen (secondary N) is 3. The number of aliphatic hydroxyl groups excluding tert-OH is 1. The number of carboxylic acids is 2. The Balaban J connectivity index is 0.727. The van der Waals surface area contributed by atoms with Gasteiger partial charge in [0.2, 0.25) is 18.1 Å². The van der Waals surface area contributed by atoms with Crippen molar-refractivity contribution in [2.45, 2.75) is 136 Å². The van der Waals surface area contributed by atoms with E-state index >= 15 is 0 Å². The summed E-state index contributed by atoms with van der Waals surface area (Å²) in [5.74, 6) is -3.23. The highest BCUT2D eigenvalue weighted by Crippen LogP contribution is 2.61. The van der Waals surface area contributed by atoms with Crippen LogP contribution in [-0.4, -0.2) is 183 Å². The summed E-state index contributed by atoms with van der Waals surface area (Å²) in [6, 6.07) is 19.6. The van der Waals surface area contributed by atoms with E-state index < -0.39 is 65.8 Å². The van der Waals surface area contributed by atoms with E-state index in [9.17, 15) is 53.7 Å². The lowest BCUT2D eigenvalue weighted by Crippen LogP contribution is -2.56. The van der Waals surface area contributed by atoms with E-state index in [0.29, 0.717) is 64.4 Å². The number of rotatable bonds is 29. The number of aliphatic hydroxyl groups is 1. The van der Waals surface area contributed by atoms with Crippen molar-refractivity contribution in [2.75, 3.05) is 82.3 Å². The van der Waals surface area contributed by atoms with Crippen LogP contribution in [0.4, 0.5) is 21.4 Å². The number of ether oxygens (including phenoxy) is 6. The zero-order valence-corrected chi connectivity index (χ0v) is 58.3. The quantitative estimate of drug-likeness (QED) is 0.0238. The maximum atomic E-state index is 14.0. The monoisotopic (exact) mass is 1410 g/mol. The Morgan fingerprint density at radius 1 is 0.871 bits per heavy atom. The number of imide groups is 1. The van der Waals surface area contributed by atoms with Gasteiger partial charge in [0.25, 0.3) is 17.7 Å². The molecule has 3 aromatic heterocycles. The number of hydrogen-bond donors (Lipinski definition) is 6. The molecule has 6 amide bonds. The summed E-state index contributed by atoms with van der Waals surface area (Å²) in [7, 11) is 3.15. The van der Waals surface area contributed by atoms with Gasteiger partial charge in [-0.15, -0.1) is 0 Å². The Bertz CT molecular complexity index is 4140. The molecule has 2 bridgehead atoms. The smallest absolute Gasteiger partial charge is 0.410 e. The molecule has 0 radical (unpaired) electrons. The van der Waals surface area contributed by atoms with Gasteiger partial charge in [0.1, 0.15) is 23.9 Å². The van der Waals surface area contributed by atoms with Crippen molar-refractivity contribution in [1.82, 2.24) is 34.9 Å². The highest BCUT2D eigenvalue weighted by Gasteiger charge is 2.57. The maximum Gasteiger partial charge on any atom is 0.410 e. The van der Waals surface area contributed by atoms with Gasteiger partial charge in [-0.1, -0.05) is 56.4 Å². The summed E-state index contributed by atoms with van der Waals surface area (Å²) in [6.45, 7) is 10.7. The zero-order chi connectivity index (χ0) is 71.8. The molecule has 2 saturated carbocycles. The van der Waals surface area contributed by atoms with Crippen LogP contribution in [0.5, 0.6) is 11.5 Å². The fraction of sp³-hybridized carbons (Fsp3) is 0.466. The number of benzene rings is 3. The number of carboxylic acid groups (broad SMARTS) is 2. The molecule has 27 nitrogen and oxygen atoms in total. The van der Waals surface area contributed by atoms with Crippen molar-refractivity contribution in [1.29, 1.82) is 0 Å². The first-order valence-electron chi connectivity index (χ1n) is 34.0. The Morgan fingerprint density at radius 2 is 1.65 bits per heavy atom. The standard InChI is InChI=1S/C73H86N10O17S/c1-7-72(43-83-45(3)51(38-75-83)49-16-19-59(78-65(49)68(92)93)81-26-23-48-52(39-81)50(15-18-55(48)96-6)66(89)79-69-77-53-12-8-9-13-58(53)101-69)40-71(4)36-44(2)37-73(41-71,42-72)98-32-29-80(28-31-95-5)70(94)97-30-10-11-46-14-17-56(99-64-35-47(84)34-57(100-64)67(90)91)54(33-46)76-61(86)22-25-74-60(85)24-27-82-62(87)20-21-63(82)88/h8-21,33,38,44,47,57,64,84H,7,22-32,34-37,39-43H2,1-6H3,(H,74,85)(H,76,86)(H,90,91)(H,92,93)(H,77,79,89)/b11-10+/t44?,47-,57-,64+,71?,72?,73?/m0/s1. The summed E-state index contributed by atoms with van der Waals surface area (Å²) in [5.41, 5.74) is 4.52. The molecule has 536 valence electrons. The minimum Gasteiger partial charge on any atom is -0.496 e. The molecule has 0 spiro atoms. The number of methoxy groups -OCH3 is 2. The third-order valence-corrected chi connectivity index (χ3v) is 20.6. The lowest BCUT2D eigenvalue weighted by Gasteiger charge is -2.59. The second kappa shape index (κ2) is 31.5. The van der Waals surface area contributed by atoms with Crippen molar-refractivity contribution < 1.29 is 82.1 Å². The number of anilines is 3. The number of aromatic carboxylic acids is 1. The average molecular weight is 1410 g/mol. The summed E-state index contributed by atoms with van der Waals surface area (Å²) >= 11 is 1.39. The van der Waals surface area contributed by atoms with Crippen LogP contribution in [0.3, 0.4) is 0 Å². The van der Waals surface area contributed by atoms with Gasteiger partial charge in [-0.2, -0.15) is 5.10 Å². The SMILES string of the molecule is CCC1(Cn2ncc(-c3ccc(N4CCc5c(OC)ccc(C(=O)Nc6nc7ccccc7s6)c5C4)nc3C(=O)O)c2C)CC2(C)CC(C)CC(OCCN(CCOC)C(=O)OC/C=C/c3ccc(O[C@H]4C[C@@H](O)C[C@@H](C(=O)O)O4)c(NC(=O)CCNC(=O)CCN4C(=O)C=CC4=O)c3)(C2)C1. The second-order valence-electron chi connectivity index (χ2n) is 27.2. The number of para-hydroxylation sites is 1. The Morgan fingerprint density at radius 3 is 2.41 bits per heavy atom. The van der Waals surface area contributed by atoms with Crippen LogP contribution in [0.25, 0.3) is 27.4 Å². The number of fused-ring (bicyclic) bond motifs is 4. The number of aromatic nitrogens is 4. The van der Waals surface area contributed by atoms with Crippen LogP contribution in [0, 0.1) is 23.7 Å². The van der Waals surface area contributed by atoms with Gasteiger partial charge in [-0.05, 0) is 134 Å². The van der Waals surface area contributed by atoms with Crippen LogP contribution in [0.15, 0.2) is 91.2 Å². The second-order valence-corrected chi connectivity index (χ2v) is 28.2. The average Bonchev–Trinajstić information content (AvgIpc) is 0.951. The van der Waals surface area contributed by atoms with E-state index in [0.717, 1.165) is 82.6 Å². The summed E-state index contributed by atoms with van der Waals surface area (Å²) in [6.07, 6.45) is 8.28. The highest BCUT2D eigenvalue weighted by atomic mass is 32.1. The lowest BCUT2D eigenvalue weighted by molar-refractivity contribution is -0.195. The molecule has 6 N–H and O–H groups in total. The first-order chi connectivity index (χ1) is 48.4. The molecule has 7 atom stereocenters. The normalized spacial score (nSPS) is 22.4. The molecule has 6 aromatic rings. The topological polar surface area (TPSA) is 342 Å². The van der Waals surface area contributed by atoms with Crippen LogP contribution in [-0.2, 0) is 62.4 Å². The van der Waals surface area contributed by atoms with E-state index in [2.05, 4.69) is 41.7 Å². The molecule has 11 rings (SSSR count). The molecular weight excluding hydrogens is 1320 g/mol. The molecule has 1 saturated heterocycles. The van der Waals surface area contributed by atoms with E-state index in [1.54, 1.807) is 67.8 Å². The molecule has 4 unspecified atom stereocenters. The van der Waals surface area contributed by atoms with Crippen molar-refractivity contribution >= 4 is 91.8 Å². The molecule has 5 aliphatic rings. The predicted octanol–water partition coefficient (Wildman–Crippen LogP) is 9.04. The van der Waals surface area contributed by atoms with Crippen molar-refractivity contribution in [3.05, 3.63) is 125 Å². The minimum atomic E-state index is -1.33. The number of carbonyl (C=O) groups excluding carboxylic acids is 6.